The first kappa shape index (κ1) is 23.1. The Morgan fingerprint density at radius 1 is 0.912 bits per heavy atom. The highest BCUT2D eigenvalue weighted by atomic mass is 16.5. The SMILES string of the molecule is COc1ccc(CN2C(=O)CCCC[C@H]3[C@H]2CCN3Cc2ccnc(N3CCCCC3)n2)cc1. The zero-order valence-corrected chi connectivity index (χ0v) is 20.4. The molecule has 3 saturated heterocycles. The van der Waals surface area contributed by atoms with Gasteiger partial charge in [-0.2, -0.15) is 0 Å². The number of hydrogen-bond acceptors (Lipinski definition) is 6. The van der Waals surface area contributed by atoms with E-state index in [1.807, 2.05) is 18.3 Å². The first-order valence-electron chi connectivity index (χ1n) is 12.9. The maximum Gasteiger partial charge on any atom is 0.225 e. The fourth-order valence-corrected chi connectivity index (χ4v) is 5.85. The van der Waals surface area contributed by atoms with Crippen LogP contribution in [0, 0.1) is 0 Å². The lowest BCUT2D eigenvalue weighted by Crippen LogP contribution is -2.48. The van der Waals surface area contributed by atoms with Crippen LogP contribution in [0.25, 0.3) is 0 Å². The summed E-state index contributed by atoms with van der Waals surface area (Å²) < 4.78 is 5.30. The molecule has 5 rings (SSSR count). The second-order valence-corrected chi connectivity index (χ2v) is 9.91. The predicted octanol–water partition coefficient (Wildman–Crippen LogP) is 4.02. The summed E-state index contributed by atoms with van der Waals surface area (Å²) in [5, 5.41) is 0. The summed E-state index contributed by atoms with van der Waals surface area (Å²) in [6.07, 6.45) is 10.6. The molecule has 3 aliphatic heterocycles. The van der Waals surface area contributed by atoms with Crippen LogP contribution in [-0.2, 0) is 17.9 Å². The van der Waals surface area contributed by atoms with Crippen LogP contribution in [0.4, 0.5) is 5.95 Å². The molecular formula is C27H37N5O2. The van der Waals surface area contributed by atoms with Crippen molar-refractivity contribution >= 4 is 11.9 Å². The molecule has 3 aliphatic rings. The number of amides is 1. The molecule has 0 aliphatic carbocycles. The third-order valence-electron chi connectivity index (χ3n) is 7.70. The van der Waals surface area contributed by atoms with Gasteiger partial charge in [-0.25, -0.2) is 9.97 Å². The molecule has 3 fully saturated rings. The lowest BCUT2D eigenvalue weighted by Gasteiger charge is -2.37. The van der Waals surface area contributed by atoms with Gasteiger partial charge in [0.1, 0.15) is 5.75 Å². The van der Waals surface area contributed by atoms with Gasteiger partial charge in [0.05, 0.1) is 12.8 Å². The van der Waals surface area contributed by atoms with Crippen molar-refractivity contribution in [3.05, 3.63) is 47.8 Å². The molecule has 34 heavy (non-hydrogen) atoms. The summed E-state index contributed by atoms with van der Waals surface area (Å²) in [6.45, 7) is 4.62. The summed E-state index contributed by atoms with van der Waals surface area (Å²) in [4.78, 5) is 29.7. The summed E-state index contributed by atoms with van der Waals surface area (Å²) in [5.41, 5.74) is 2.25. The van der Waals surface area contributed by atoms with Gasteiger partial charge in [0.25, 0.3) is 0 Å². The number of likely N-dealkylation sites (tertiary alicyclic amines) is 2. The van der Waals surface area contributed by atoms with Gasteiger partial charge in [-0.15, -0.1) is 0 Å². The van der Waals surface area contributed by atoms with Crippen molar-refractivity contribution in [2.45, 2.75) is 76.5 Å². The minimum absolute atomic E-state index is 0.262. The van der Waals surface area contributed by atoms with Gasteiger partial charge in [0, 0.05) is 57.4 Å². The zero-order chi connectivity index (χ0) is 23.3. The second kappa shape index (κ2) is 10.7. The number of anilines is 1. The topological polar surface area (TPSA) is 61.8 Å². The average molecular weight is 464 g/mol. The van der Waals surface area contributed by atoms with Crippen LogP contribution in [0.2, 0.25) is 0 Å². The molecule has 0 N–H and O–H groups in total. The van der Waals surface area contributed by atoms with Crippen LogP contribution in [0.15, 0.2) is 36.5 Å². The molecule has 1 aromatic carbocycles. The third kappa shape index (κ3) is 5.19. The minimum atomic E-state index is 0.262. The van der Waals surface area contributed by atoms with Gasteiger partial charge in [-0.3, -0.25) is 9.69 Å². The van der Waals surface area contributed by atoms with E-state index in [1.54, 1.807) is 7.11 Å². The number of hydrogen-bond donors (Lipinski definition) is 0. The summed E-state index contributed by atoms with van der Waals surface area (Å²) in [6, 6.07) is 10.8. The van der Waals surface area contributed by atoms with E-state index in [-0.39, 0.29) is 6.04 Å². The van der Waals surface area contributed by atoms with Crippen LogP contribution in [-0.4, -0.2) is 64.5 Å². The number of carbonyl (C=O) groups is 1. The number of benzene rings is 1. The van der Waals surface area contributed by atoms with Crippen molar-refractivity contribution in [1.29, 1.82) is 0 Å². The van der Waals surface area contributed by atoms with Crippen LogP contribution in [0.5, 0.6) is 5.75 Å². The Balaban J connectivity index is 1.30. The normalized spacial score (nSPS) is 24.0. The van der Waals surface area contributed by atoms with E-state index in [2.05, 4.69) is 37.9 Å². The maximum absolute atomic E-state index is 13.2. The molecule has 0 saturated carbocycles. The van der Waals surface area contributed by atoms with Gasteiger partial charge < -0.3 is 14.5 Å². The second-order valence-electron chi connectivity index (χ2n) is 9.91. The molecule has 0 spiro atoms. The van der Waals surface area contributed by atoms with Gasteiger partial charge in [-0.05, 0) is 62.3 Å². The Morgan fingerprint density at radius 2 is 1.74 bits per heavy atom. The van der Waals surface area contributed by atoms with Crippen molar-refractivity contribution < 1.29 is 9.53 Å². The van der Waals surface area contributed by atoms with Gasteiger partial charge in [-0.1, -0.05) is 18.6 Å². The molecule has 1 amide bonds. The number of ether oxygens (including phenoxy) is 1. The molecule has 4 heterocycles. The molecule has 1 aromatic heterocycles. The highest BCUT2D eigenvalue weighted by Gasteiger charge is 2.40. The van der Waals surface area contributed by atoms with Gasteiger partial charge in [0.2, 0.25) is 11.9 Å². The van der Waals surface area contributed by atoms with E-state index in [4.69, 9.17) is 9.72 Å². The Bertz CT molecular complexity index is 960. The fourth-order valence-electron chi connectivity index (χ4n) is 5.85. The number of methoxy groups -OCH3 is 1. The molecule has 7 nitrogen and oxygen atoms in total. The predicted molar refractivity (Wildman–Crippen MR) is 133 cm³/mol. The quantitative estimate of drug-likeness (QED) is 0.645. The van der Waals surface area contributed by atoms with Crippen molar-refractivity contribution in [2.75, 3.05) is 31.6 Å². The average Bonchev–Trinajstić information content (AvgIpc) is 3.26. The van der Waals surface area contributed by atoms with Crippen molar-refractivity contribution in [3.63, 3.8) is 0 Å². The van der Waals surface area contributed by atoms with E-state index in [9.17, 15) is 4.79 Å². The first-order chi connectivity index (χ1) is 16.7. The van der Waals surface area contributed by atoms with Crippen LogP contribution < -0.4 is 9.64 Å². The van der Waals surface area contributed by atoms with Gasteiger partial charge >= 0.3 is 0 Å². The molecule has 2 atom stereocenters. The molecule has 0 unspecified atom stereocenters. The molecule has 182 valence electrons. The number of nitrogens with zero attached hydrogens (tertiary/aromatic N) is 5. The van der Waals surface area contributed by atoms with Crippen LogP contribution in [0.1, 0.15) is 62.6 Å². The van der Waals surface area contributed by atoms with Gasteiger partial charge in [0.15, 0.2) is 0 Å². The Kier molecular flexibility index (Phi) is 7.28. The van der Waals surface area contributed by atoms with Crippen molar-refractivity contribution in [3.8, 4) is 5.75 Å². The highest BCUT2D eigenvalue weighted by molar-refractivity contribution is 5.76. The van der Waals surface area contributed by atoms with Crippen LogP contribution >= 0.6 is 0 Å². The summed E-state index contributed by atoms with van der Waals surface area (Å²) >= 11 is 0. The Labute approximate surface area is 203 Å². The number of fused-ring (bicyclic) bond motifs is 1. The smallest absolute Gasteiger partial charge is 0.225 e. The van der Waals surface area contributed by atoms with Crippen molar-refractivity contribution in [2.24, 2.45) is 0 Å². The zero-order valence-electron chi connectivity index (χ0n) is 20.4. The van der Waals surface area contributed by atoms with E-state index < -0.39 is 0 Å². The monoisotopic (exact) mass is 463 g/mol. The lowest BCUT2D eigenvalue weighted by molar-refractivity contribution is -0.135. The van der Waals surface area contributed by atoms with E-state index in [0.29, 0.717) is 24.9 Å². The van der Waals surface area contributed by atoms with Crippen LogP contribution in [0.3, 0.4) is 0 Å². The molecule has 0 bridgehead atoms. The highest BCUT2D eigenvalue weighted by Crippen LogP contribution is 2.32. The standard InChI is InChI=1S/C27H37N5O2/c1-34-23-11-9-21(10-12-23)19-32-25-14-18-31(24(25)7-3-4-8-26(32)33)20-22-13-15-28-27(29-22)30-16-5-2-6-17-30/h9-13,15,24-25H,2-8,14,16-20H2,1H3/t24-,25+/m0/s1. The number of piperidine rings is 1. The number of carbonyl (C=O) groups excluding carboxylic acids is 1. The lowest BCUT2D eigenvalue weighted by atomic mass is 9.96. The molecule has 7 heteroatoms. The minimum Gasteiger partial charge on any atom is -0.497 e. The summed E-state index contributed by atoms with van der Waals surface area (Å²) in [7, 11) is 1.68. The number of rotatable bonds is 6. The molecule has 0 radical (unpaired) electrons. The third-order valence-corrected chi connectivity index (χ3v) is 7.70. The van der Waals surface area contributed by atoms with Crippen molar-refractivity contribution in [1.82, 2.24) is 19.8 Å². The number of aromatic nitrogens is 2. The first-order valence-corrected chi connectivity index (χ1v) is 12.9. The Morgan fingerprint density at radius 3 is 2.53 bits per heavy atom. The summed E-state index contributed by atoms with van der Waals surface area (Å²) in [5.74, 6) is 2.02. The molecular weight excluding hydrogens is 426 g/mol. The largest absolute Gasteiger partial charge is 0.497 e. The van der Waals surface area contributed by atoms with E-state index >= 15 is 0 Å². The van der Waals surface area contributed by atoms with E-state index in [0.717, 1.165) is 74.8 Å². The maximum atomic E-state index is 13.2. The van der Waals surface area contributed by atoms with E-state index in [1.165, 1.54) is 19.3 Å². The molecule has 2 aromatic rings. The Hall–Kier alpha value is -2.67. The fraction of sp³-hybridized carbons (Fsp3) is 0.593.